The van der Waals surface area contributed by atoms with Crippen LogP contribution in [0, 0.1) is 0 Å². The number of rotatable bonds is 5. The van der Waals surface area contributed by atoms with Crippen molar-refractivity contribution in [1.29, 1.82) is 0 Å². The number of benzene rings is 1. The summed E-state index contributed by atoms with van der Waals surface area (Å²) in [6, 6.07) is 14.2. The van der Waals surface area contributed by atoms with Gasteiger partial charge < -0.3 is 5.11 Å². The largest absolute Gasteiger partial charge is 0.392 e. The summed E-state index contributed by atoms with van der Waals surface area (Å²) in [6.07, 6.45) is 3.09. The van der Waals surface area contributed by atoms with E-state index in [0.29, 0.717) is 6.42 Å². The van der Waals surface area contributed by atoms with Crippen LogP contribution < -0.4 is 0 Å². The topological polar surface area (TPSA) is 33.1 Å². The number of aryl methyl sites for hydroxylation is 1. The SMILES string of the molecule is CCc1ccc(CC(O)C(C)c2ccccc2)nc1. The molecule has 0 amide bonds. The lowest BCUT2D eigenvalue weighted by Crippen LogP contribution is -2.19. The van der Waals surface area contributed by atoms with Gasteiger partial charge in [-0.1, -0.05) is 50.2 Å². The molecule has 0 bridgehead atoms. The molecule has 2 atom stereocenters. The van der Waals surface area contributed by atoms with Gasteiger partial charge in [0.05, 0.1) is 6.10 Å². The Hall–Kier alpha value is -1.67. The third kappa shape index (κ3) is 3.65. The third-order valence-corrected chi connectivity index (χ3v) is 3.62. The average molecular weight is 255 g/mol. The van der Waals surface area contributed by atoms with E-state index in [1.54, 1.807) is 0 Å². The van der Waals surface area contributed by atoms with Crippen molar-refractivity contribution in [2.24, 2.45) is 0 Å². The lowest BCUT2D eigenvalue weighted by Gasteiger charge is -2.19. The second-order valence-corrected chi connectivity index (χ2v) is 4.98. The van der Waals surface area contributed by atoms with Crippen molar-refractivity contribution in [3.63, 3.8) is 0 Å². The highest BCUT2D eigenvalue weighted by Crippen LogP contribution is 2.21. The molecule has 1 heterocycles. The zero-order valence-electron chi connectivity index (χ0n) is 11.6. The molecule has 0 aliphatic heterocycles. The predicted octanol–water partition coefficient (Wildman–Crippen LogP) is 3.35. The van der Waals surface area contributed by atoms with Gasteiger partial charge in [-0.05, 0) is 23.6 Å². The molecule has 0 radical (unpaired) electrons. The van der Waals surface area contributed by atoms with Crippen LogP contribution in [0.15, 0.2) is 48.7 Å². The first-order chi connectivity index (χ1) is 9.20. The summed E-state index contributed by atoms with van der Waals surface area (Å²) < 4.78 is 0. The van der Waals surface area contributed by atoms with E-state index in [0.717, 1.165) is 12.1 Å². The third-order valence-electron chi connectivity index (χ3n) is 3.62. The van der Waals surface area contributed by atoms with Crippen LogP contribution in [0.2, 0.25) is 0 Å². The Morgan fingerprint density at radius 3 is 2.42 bits per heavy atom. The molecule has 0 spiro atoms. The van der Waals surface area contributed by atoms with Crippen LogP contribution >= 0.6 is 0 Å². The maximum atomic E-state index is 10.3. The molecule has 19 heavy (non-hydrogen) atoms. The van der Waals surface area contributed by atoms with E-state index >= 15 is 0 Å². The second-order valence-electron chi connectivity index (χ2n) is 4.98. The summed E-state index contributed by atoms with van der Waals surface area (Å²) in [5.41, 5.74) is 3.35. The summed E-state index contributed by atoms with van der Waals surface area (Å²) in [4.78, 5) is 4.41. The lowest BCUT2D eigenvalue weighted by molar-refractivity contribution is 0.148. The van der Waals surface area contributed by atoms with Crippen molar-refractivity contribution >= 4 is 0 Å². The van der Waals surface area contributed by atoms with Gasteiger partial charge in [0, 0.05) is 24.2 Å². The van der Waals surface area contributed by atoms with Gasteiger partial charge in [-0.2, -0.15) is 0 Å². The van der Waals surface area contributed by atoms with Crippen LogP contribution in [0.3, 0.4) is 0 Å². The average Bonchev–Trinajstić information content (AvgIpc) is 2.48. The normalized spacial score (nSPS) is 14.1. The molecule has 100 valence electrons. The highest BCUT2D eigenvalue weighted by atomic mass is 16.3. The molecule has 1 N–H and O–H groups in total. The van der Waals surface area contributed by atoms with E-state index in [1.807, 2.05) is 30.5 Å². The van der Waals surface area contributed by atoms with Crippen LogP contribution in [0.25, 0.3) is 0 Å². The molecule has 0 aliphatic carbocycles. The van der Waals surface area contributed by atoms with Gasteiger partial charge in [0.2, 0.25) is 0 Å². The number of aliphatic hydroxyl groups excluding tert-OH is 1. The summed E-state index contributed by atoms with van der Waals surface area (Å²) in [7, 11) is 0. The van der Waals surface area contributed by atoms with Crippen molar-refractivity contribution in [1.82, 2.24) is 4.98 Å². The molecular weight excluding hydrogens is 234 g/mol. The molecule has 0 fully saturated rings. The van der Waals surface area contributed by atoms with Crippen LogP contribution in [0.1, 0.15) is 36.6 Å². The zero-order chi connectivity index (χ0) is 13.7. The second kappa shape index (κ2) is 6.48. The molecule has 2 unspecified atom stereocenters. The van der Waals surface area contributed by atoms with Gasteiger partial charge in [0.25, 0.3) is 0 Å². The molecule has 2 rings (SSSR count). The summed E-state index contributed by atoms with van der Waals surface area (Å²) in [5.74, 6) is 0.119. The Kier molecular flexibility index (Phi) is 4.69. The Morgan fingerprint density at radius 1 is 1.11 bits per heavy atom. The van der Waals surface area contributed by atoms with Gasteiger partial charge in [-0.15, -0.1) is 0 Å². The highest BCUT2D eigenvalue weighted by Gasteiger charge is 2.16. The minimum absolute atomic E-state index is 0.119. The molecule has 0 saturated heterocycles. The minimum atomic E-state index is -0.401. The van der Waals surface area contributed by atoms with Crippen molar-refractivity contribution in [2.45, 2.75) is 38.7 Å². The first kappa shape index (κ1) is 13.8. The fourth-order valence-electron chi connectivity index (χ4n) is 2.15. The van der Waals surface area contributed by atoms with E-state index in [2.05, 4.69) is 37.0 Å². The smallest absolute Gasteiger partial charge is 0.0661 e. The lowest BCUT2D eigenvalue weighted by atomic mass is 9.92. The number of hydrogen-bond donors (Lipinski definition) is 1. The first-order valence-electron chi connectivity index (χ1n) is 6.87. The number of pyridine rings is 1. The van der Waals surface area contributed by atoms with Crippen LogP contribution in [-0.2, 0) is 12.8 Å². The fourth-order valence-corrected chi connectivity index (χ4v) is 2.15. The molecule has 0 aliphatic rings. The van der Waals surface area contributed by atoms with E-state index in [4.69, 9.17) is 0 Å². The monoisotopic (exact) mass is 255 g/mol. The molecule has 1 aromatic heterocycles. The van der Waals surface area contributed by atoms with Crippen molar-refractivity contribution < 1.29 is 5.11 Å². The molecule has 2 heteroatoms. The molecule has 0 saturated carbocycles. The number of aliphatic hydroxyl groups is 1. The Labute approximate surface area is 115 Å². The highest BCUT2D eigenvalue weighted by molar-refractivity contribution is 5.21. The maximum absolute atomic E-state index is 10.3. The Morgan fingerprint density at radius 2 is 1.84 bits per heavy atom. The van der Waals surface area contributed by atoms with Gasteiger partial charge in [-0.25, -0.2) is 0 Å². The van der Waals surface area contributed by atoms with Crippen LogP contribution in [0.4, 0.5) is 0 Å². The van der Waals surface area contributed by atoms with E-state index in [9.17, 15) is 5.11 Å². The molecule has 2 aromatic rings. The van der Waals surface area contributed by atoms with Crippen molar-refractivity contribution in [3.8, 4) is 0 Å². The predicted molar refractivity (Wildman–Crippen MR) is 78.2 cm³/mol. The van der Waals surface area contributed by atoms with E-state index in [-0.39, 0.29) is 5.92 Å². The van der Waals surface area contributed by atoms with Gasteiger partial charge in [0.15, 0.2) is 0 Å². The number of hydrogen-bond acceptors (Lipinski definition) is 2. The van der Waals surface area contributed by atoms with Gasteiger partial charge >= 0.3 is 0 Å². The maximum Gasteiger partial charge on any atom is 0.0661 e. The fraction of sp³-hybridized carbons (Fsp3) is 0.353. The van der Waals surface area contributed by atoms with Crippen LogP contribution in [0.5, 0.6) is 0 Å². The number of aromatic nitrogens is 1. The van der Waals surface area contributed by atoms with Gasteiger partial charge in [-0.3, -0.25) is 4.98 Å². The quantitative estimate of drug-likeness (QED) is 0.888. The summed E-state index contributed by atoms with van der Waals surface area (Å²) in [5, 5.41) is 10.3. The molecule has 2 nitrogen and oxygen atoms in total. The first-order valence-corrected chi connectivity index (χ1v) is 6.87. The Bertz CT molecular complexity index is 492. The standard InChI is InChI=1S/C17H21NO/c1-3-14-9-10-16(18-12-14)11-17(19)13(2)15-7-5-4-6-8-15/h4-10,12-13,17,19H,3,11H2,1-2H3. The number of nitrogens with zero attached hydrogens (tertiary/aromatic N) is 1. The Balaban J connectivity index is 2.01. The molecule has 1 aromatic carbocycles. The van der Waals surface area contributed by atoms with E-state index < -0.39 is 6.10 Å². The van der Waals surface area contributed by atoms with E-state index in [1.165, 1.54) is 11.1 Å². The zero-order valence-corrected chi connectivity index (χ0v) is 11.6. The minimum Gasteiger partial charge on any atom is -0.392 e. The summed E-state index contributed by atoms with van der Waals surface area (Å²) in [6.45, 7) is 4.17. The van der Waals surface area contributed by atoms with Crippen molar-refractivity contribution in [3.05, 3.63) is 65.5 Å². The van der Waals surface area contributed by atoms with Crippen LogP contribution in [-0.4, -0.2) is 16.2 Å². The van der Waals surface area contributed by atoms with Gasteiger partial charge in [0.1, 0.15) is 0 Å². The summed E-state index contributed by atoms with van der Waals surface area (Å²) >= 11 is 0. The molecular formula is C17H21NO. The van der Waals surface area contributed by atoms with Crippen molar-refractivity contribution in [2.75, 3.05) is 0 Å².